The molecule has 2 aliphatic carbocycles. The van der Waals surface area contributed by atoms with E-state index in [0.29, 0.717) is 0 Å². The van der Waals surface area contributed by atoms with Crippen LogP contribution < -0.4 is 11.2 Å². The first kappa shape index (κ1) is 21.5. The smallest absolute Gasteiger partial charge is 0.335 e. The van der Waals surface area contributed by atoms with Gasteiger partial charge in [0.15, 0.2) is 0 Å². The van der Waals surface area contributed by atoms with E-state index in [1.807, 2.05) is 0 Å². The number of hydrogen-bond donors (Lipinski definition) is 3. The molecule has 0 radical (unpaired) electrons. The fourth-order valence-electron chi connectivity index (χ4n) is 3.04. The standard InChI is InChI=1S/C12H23N.C3H5NO4.Pt/c1-3-7-11(8-4-1)13-12-9-5-2-6-10-12;4-8-3(7)1-2(5)6;/h11-13H,1-10H2;1,4H2,(H,5,6);. The van der Waals surface area contributed by atoms with Gasteiger partial charge in [0.05, 0.1) is 0 Å². The molecule has 22 heavy (non-hydrogen) atoms. The maximum absolute atomic E-state index is 9.89. The molecule has 0 aromatic carbocycles. The second kappa shape index (κ2) is 13.0. The molecule has 0 aromatic heterocycles. The zero-order chi connectivity index (χ0) is 15.5. The molecule has 2 aliphatic rings. The van der Waals surface area contributed by atoms with Crippen molar-refractivity contribution in [3.8, 4) is 0 Å². The number of hydrogen-bond acceptors (Lipinski definition) is 5. The summed E-state index contributed by atoms with van der Waals surface area (Å²) in [6.07, 6.45) is 13.9. The molecule has 2 rings (SSSR count). The van der Waals surface area contributed by atoms with Crippen molar-refractivity contribution in [2.24, 2.45) is 5.90 Å². The molecule has 0 aliphatic heterocycles. The van der Waals surface area contributed by atoms with E-state index in [1.165, 1.54) is 64.2 Å². The fourth-order valence-corrected chi connectivity index (χ4v) is 3.04. The Morgan fingerprint density at radius 1 is 0.955 bits per heavy atom. The van der Waals surface area contributed by atoms with Gasteiger partial charge < -0.3 is 15.3 Å². The van der Waals surface area contributed by atoms with Crippen LogP contribution >= 0.6 is 0 Å². The Labute approximate surface area is 146 Å². The fraction of sp³-hybridized carbons (Fsp3) is 0.867. The van der Waals surface area contributed by atoms with E-state index in [0.717, 1.165) is 12.1 Å². The number of nitrogens with two attached hydrogens (primary N) is 1. The van der Waals surface area contributed by atoms with Crippen LogP contribution in [0.15, 0.2) is 0 Å². The van der Waals surface area contributed by atoms with Gasteiger partial charge in [0.2, 0.25) is 0 Å². The molecule has 0 aromatic rings. The van der Waals surface area contributed by atoms with Crippen molar-refractivity contribution in [1.29, 1.82) is 0 Å². The van der Waals surface area contributed by atoms with Gasteiger partial charge in [-0.25, -0.2) is 4.79 Å². The van der Waals surface area contributed by atoms with Crippen molar-refractivity contribution in [3.63, 3.8) is 0 Å². The molecule has 7 heteroatoms. The molecule has 0 unspecified atom stereocenters. The van der Waals surface area contributed by atoms with Crippen LogP contribution in [0.2, 0.25) is 0 Å². The van der Waals surface area contributed by atoms with Gasteiger partial charge in [0.25, 0.3) is 0 Å². The van der Waals surface area contributed by atoms with E-state index in [-0.39, 0.29) is 21.1 Å². The van der Waals surface area contributed by atoms with Crippen molar-refractivity contribution in [1.82, 2.24) is 5.32 Å². The predicted molar refractivity (Wildman–Crippen MR) is 79.4 cm³/mol. The molecule has 132 valence electrons. The number of carbonyl (C=O) groups excluding carboxylic acids is 1. The third kappa shape index (κ3) is 10.3. The summed E-state index contributed by atoms with van der Waals surface area (Å²) in [4.78, 5) is 23.0. The Kier molecular flexibility index (Phi) is 12.8. The Hall–Kier alpha value is -0.452. The summed E-state index contributed by atoms with van der Waals surface area (Å²) in [6.45, 7) is 0. The van der Waals surface area contributed by atoms with Crippen molar-refractivity contribution in [3.05, 3.63) is 0 Å². The predicted octanol–water partition coefficient (Wildman–Crippen LogP) is 2.12. The number of carboxylic acid groups (broad SMARTS) is 1. The molecule has 0 bridgehead atoms. The molecule has 0 heterocycles. The molecule has 2 fully saturated rings. The monoisotopic (exact) mass is 495 g/mol. The SMILES string of the molecule is C1CCC(NC2CCCCC2)CC1.NOC(=O)CC(=O)O.[Pt]. The molecular weight excluding hydrogens is 467 g/mol. The average Bonchev–Trinajstić information content (AvgIpc) is 2.49. The van der Waals surface area contributed by atoms with Gasteiger partial charge in [0.1, 0.15) is 6.42 Å². The normalized spacial score (nSPS) is 19.3. The van der Waals surface area contributed by atoms with Crippen molar-refractivity contribution in [2.75, 3.05) is 0 Å². The van der Waals surface area contributed by atoms with E-state index < -0.39 is 18.4 Å². The topological polar surface area (TPSA) is 102 Å². The van der Waals surface area contributed by atoms with E-state index in [1.54, 1.807) is 0 Å². The quantitative estimate of drug-likeness (QED) is 0.408. The number of carboxylic acids is 1. The second-order valence-corrected chi connectivity index (χ2v) is 5.90. The minimum atomic E-state index is -1.25. The molecule has 0 saturated heterocycles. The van der Waals surface area contributed by atoms with Crippen molar-refractivity contribution in [2.45, 2.75) is 82.7 Å². The van der Waals surface area contributed by atoms with Crippen LogP contribution in [0.25, 0.3) is 0 Å². The van der Waals surface area contributed by atoms with Crippen LogP contribution in [0.3, 0.4) is 0 Å². The van der Waals surface area contributed by atoms with Crippen molar-refractivity contribution >= 4 is 11.9 Å². The van der Waals surface area contributed by atoms with Gasteiger partial charge in [-0.1, -0.05) is 38.5 Å². The molecule has 0 spiro atoms. The van der Waals surface area contributed by atoms with Crippen molar-refractivity contribution < 1.29 is 40.6 Å². The molecule has 2 saturated carbocycles. The number of carbonyl (C=O) groups is 2. The number of aliphatic carboxylic acids is 1. The van der Waals surface area contributed by atoms with Crippen LogP contribution in [0.1, 0.15) is 70.6 Å². The Morgan fingerprint density at radius 3 is 1.64 bits per heavy atom. The largest absolute Gasteiger partial charge is 0.481 e. The first-order chi connectivity index (χ1) is 10.1. The summed E-state index contributed by atoms with van der Waals surface area (Å²) >= 11 is 0. The van der Waals surface area contributed by atoms with E-state index in [2.05, 4.69) is 16.1 Å². The number of nitrogens with one attached hydrogen (secondary N) is 1. The van der Waals surface area contributed by atoms with Crippen LogP contribution in [-0.2, 0) is 35.5 Å². The van der Waals surface area contributed by atoms with Crippen LogP contribution in [0.4, 0.5) is 0 Å². The average molecular weight is 495 g/mol. The van der Waals surface area contributed by atoms with E-state index in [4.69, 9.17) is 5.11 Å². The summed E-state index contributed by atoms with van der Waals surface area (Å²) in [5, 5.41) is 11.7. The molecule has 6 nitrogen and oxygen atoms in total. The van der Waals surface area contributed by atoms with Gasteiger partial charge in [-0.05, 0) is 25.7 Å². The summed E-state index contributed by atoms with van der Waals surface area (Å²) in [5.74, 6) is 2.11. The summed E-state index contributed by atoms with van der Waals surface area (Å²) in [5.41, 5.74) is 0. The molecule has 0 amide bonds. The maximum Gasteiger partial charge on any atom is 0.335 e. The minimum absolute atomic E-state index is 0. The zero-order valence-corrected chi connectivity index (χ0v) is 15.3. The van der Waals surface area contributed by atoms with Gasteiger partial charge in [-0.15, -0.1) is 0 Å². The first-order valence-corrected chi connectivity index (χ1v) is 7.99. The summed E-state index contributed by atoms with van der Waals surface area (Å²) in [6, 6.07) is 1.74. The summed E-state index contributed by atoms with van der Waals surface area (Å²) in [7, 11) is 0. The van der Waals surface area contributed by atoms with E-state index >= 15 is 0 Å². The van der Waals surface area contributed by atoms with Gasteiger partial charge >= 0.3 is 11.9 Å². The molecule has 0 atom stereocenters. The van der Waals surface area contributed by atoms with Crippen LogP contribution in [0, 0.1) is 0 Å². The van der Waals surface area contributed by atoms with E-state index in [9.17, 15) is 9.59 Å². The Bertz CT molecular complexity index is 301. The van der Waals surface area contributed by atoms with Gasteiger partial charge in [0, 0.05) is 33.1 Å². The maximum atomic E-state index is 9.89. The first-order valence-electron chi connectivity index (χ1n) is 7.99. The van der Waals surface area contributed by atoms with Gasteiger partial charge in [-0.3, -0.25) is 4.79 Å². The molecule has 4 N–H and O–H groups in total. The Morgan fingerprint density at radius 2 is 1.36 bits per heavy atom. The number of rotatable bonds is 4. The van der Waals surface area contributed by atoms with Crippen LogP contribution in [-0.4, -0.2) is 29.1 Å². The third-order valence-corrected chi connectivity index (χ3v) is 4.11. The van der Waals surface area contributed by atoms with Crippen LogP contribution in [0.5, 0.6) is 0 Å². The summed E-state index contributed by atoms with van der Waals surface area (Å²) < 4.78 is 0. The molecular formula is C15H28N2O4Pt. The zero-order valence-electron chi connectivity index (χ0n) is 13.0. The second-order valence-electron chi connectivity index (χ2n) is 5.90. The third-order valence-electron chi connectivity index (χ3n) is 4.11. The van der Waals surface area contributed by atoms with Gasteiger partial charge in [-0.2, -0.15) is 5.90 Å². The minimum Gasteiger partial charge on any atom is -0.481 e. The Balaban J connectivity index is 0.000000432.